The third kappa shape index (κ3) is 4.58. The quantitative estimate of drug-likeness (QED) is 0.320. The number of rotatable bonds is 8. The molecule has 3 aliphatic carbocycles. The normalized spacial score (nSPS) is 27.3. The SMILES string of the molecule is COc1ccc(C23CCC(CN(C(=O)C4CC(F)(F)C4)c4cccc(-c5nc(C6CC6)no5)c4)(CC2)CO3)cc1. The summed E-state index contributed by atoms with van der Waals surface area (Å²) in [5, 5.41) is 4.12. The Morgan fingerprint density at radius 3 is 2.45 bits per heavy atom. The predicted octanol–water partition coefficient (Wildman–Crippen LogP) is 6.49. The van der Waals surface area contributed by atoms with E-state index in [0.29, 0.717) is 42.0 Å². The van der Waals surface area contributed by atoms with E-state index in [2.05, 4.69) is 22.3 Å². The van der Waals surface area contributed by atoms with Crippen molar-refractivity contribution in [1.29, 1.82) is 0 Å². The maximum atomic E-state index is 13.8. The highest BCUT2D eigenvalue weighted by molar-refractivity contribution is 5.96. The molecule has 7 nitrogen and oxygen atoms in total. The molecule has 0 unspecified atom stereocenters. The summed E-state index contributed by atoms with van der Waals surface area (Å²) >= 11 is 0. The first kappa shape index (κ1) is 25.6. The van der Waals surface area contributed by atoms with Gasteiger partial charge in [-0.25, -0.2) is 8.78 Å². The van der Waals surface area contributed by atoms with E-state index in [9.17, 15) is 13.6 Å². The number of alkyl halides is 2. The van der Waals surface area contributed by atoms with Gasteiger partial charge in [-0.15, -0.1) is 0 Å². The lowest BCUT2D eigenvalue weighted by Crippen LogP contribution is -2.56. The molecular weight excluding hydrogens is 516 g/mol. The van der Waals surface area contributed by atoms with Crippen molar-refractivity contribution in [1.82, 2.24) is 10.1 Å². The van der Waals surface area contributed by atoms with Crippen molar-refractivity contribution in [3.05, 3.63) is 59.9 Å². The number of hydrogen-bond acceptors (Lipinski definition) is 6. The van der Waals surface area contributed by atoms with E-state index in [1.165, 1.54) is 0 Å². The van der Waals surface area contributed by atoms with Gasteiger partial charge in [0.05, 0.1) is 19.3 Å². The minimum absolute atomic E-state index is 0.240. The van der Waals surface area contributed by atoms with Crippen molar-refractivity contribution in [2.24, 2.45) is 11.3 Å². The molecule has 0 N–H and O–H groups in total. The van der Waals surface area contributed by atoms with E-state index in [1.807, 2.05) is 36.4 Å². The highest BCUT2D eigenvalue weighted by Crippen LogP contribution is 2.54. The zero-order valence-electron chi connectivity index (χ0n) is 22.6. The van der Waals surface area contributed by atoms with Crippen LogP contribution in [-0.4, -0.2) is 42.2 Å². The maximum Gasteiger partial charge on any atom is 0.258 e. The van der Waals surface area contributed by atoms with Crippen molar-refractivity contribution < 1.29 is 27.6 Å². The molecule has 3 saturated carbocycles. The van der Waals surface area contributed by atoms with Crippen LogP contribution in [0.3, 0.4) is 0 Å². The van der Waals surface area contributed by atoms with Crippen molar-refractivity contribution in [2.45, 2.75) is 68.8 Å². The first-order valence-corrected chi connectivity index (χ1v) is 14.2. The lowest BCUT2D eigenvalue weighted by Gasteiger charge is -2.54. The second kappa shape index (κ2) is 9.36. The van der Waals surface area contributed by atoms with Crippen molar-refractivity contribution in [3.8, 4) is 17.2 Å². The summed E-state index contributed by atoms with van der Waals surface area (Å²) < 4.78 is 45.0. The Hall–Kier alpha value is -3.33. The standard InChI is InChI=1S/C31H33F2N3O4/c1-38-25-9-7-23(8-10-25)30-13-11-29(12-14-30,19-39-30)18-36(28(37)22-16-31(32,33)17-22)24-4-2-3-21(15-24)27-34-26(35-40-27)20-5-6-20/h2-4,7-10,15,20,22H,5-6,11-14,16-19H2,1H3. The molecule has 210 valence electrons. The number of ether oxygens (including phenoxy) is 2. The fraction of sp³-hybridized carbons (Fsp3) is 0.516. The van der Waals surface area contributed by atoms with Gasteiger partial charge in [0.1, 0.15) is 5.75 Å². The molecule has 40 heavy (non-hydrogen) atoms. The maximum absolute atomic E-state index is 13.8. The van der Waals surface area contributed by atoms with Crippen molar-refractivity contribution in [2.75, 3.05) is 25.2 Å². The molecule has 9 heteroatoms. The minimum Gasteiger partial charge on any atom is -0.497 e. The Balaban J connectivity index is 1.14. The van der Waals surface area contributed by atoms with Crippen molar-refractivity contribution in [3.63, 3.8) is 0 Å². The molecule has 3 heterocycles. The molecule has 0 atom stereocenters. The van der Waals surface area contributed by atoms with Crippen LogP contribution in [0.5, 0.6) is 5.75 Å². The highest BCUT2D eigenvalue weighted by Gasteiger charge is 2.54. The van der Waals surface area contributed by atoms with Crippen LogP contribution >= 0.6 is 0 Å². The van der Waals surface area contributed by atoms with Crippen LogP contribution in [0.2, 0.25) is 0 Å². The van der Waals surface area contributed by atoms with E-state index < -0.39 is 24.7 Å². The summed E-state index contributed by atoms with van der Waals surface area (Å²) in [4.78, 5) is 20.0. The smallest absolute Gasteiger partial charge is 0.258 e. The Morgan fingerprint density at radius 1 is 1.07 bits per heavy atom. The largest absolute Gasteiger partial charge is 0.497 e. The molecule has 2 aliphatic heterocycles. The number of nitrogens with zero attached hydrogens (tertiary/aromatic N) is 3. The third-order valence-electron chi connectivity index (χ3n) is 9.38. The van der Waals surface area contributed by atoms with Crippen LogP contribution in [0, 0.1) is 11.3 Å². The number of hydrogen-bond donors (Lipinski definition) is 0. The van der Waals surface area contributed by atoms with Gasteiger partial charge in [-0.3, -0.25) is 4.79 Å². The van der Waals surface area contributed by atoms with E-state index in [0.717, 1.165) is 49.8 Å². The number of amides is 1. The topological polar surface area (TPSA) is 77.7 Å². The average molecular weight is 550 g/mol. The van der Waals surface area contributed by atoms with Crippen LogP contribution in [0.15, 0.2) is 53.1 Å². The zero-order chi connectivity index (χ0) is 27.5. The van der Waals surface area contributed by atoms with Gasteiger partial charge in [0, 0.05) is 47.9 Å². The van der Waals surface area contributed by atoms with Gasteiger partial charge >= 0.3 is 0 Å². The Bertz CT molecular complexity index is 1390. The molecule has 5 fully saturated rings. The number of methoxy groups -OCH3 is 1. The molecule has 0 radical (unpaired) electrons. The summed E-state index contributed by atoms with van der Waals surface area (Å²) in [5.41, 5.74) is 1.94. The molecule has 3 aromatic rings. The molecule has 1 aromatic heterocycles. The zero-order valence-corrected chi connectivity index (χ0v) is 22.6. The van der Waals surface area contributed by atoms with Gasteiger partial charge in [0.25, 0.3) is 5.89 Å². The first-order chi connectivity index (χ1) is 19.3. The predicted molar refractivity (Wildman–Crippen MR) is 143 cm³/mol. The van der Waals surface area contributed by atoms with Gasteiger partial charge in [-0.2, -0.15) is 4.98 Å². The van der Waals surface area contributed by atoms with Gasteiger partial charge in [0.2, 0.25) is 11.8 Å². The molecule has 2 bridgehead atoms. The van der Waals surface area contributed by atoms with Crippen LogP contribution in [0.1, 0.15) is 68.7 Å². The van der Waals surface area contributed by atoms with Crippen LogP contribution in [-0.2, 0) is 15.1 Å². The van der Waals surface area contributed by atoms with E-state index in [-0.39, 0.29) is 16.9 Å². The molecule has 8 rings (SSSR count). The highest BCUT2D eigenvalue weighted by atomic mass is 19.3. The number of carbonyl (C=O) groups excluding carboxylic acids is 1. The van der Waals surface area contributed by atoms with Crippen LogP contribution in [0.4, 0.5) is 14.5 Å². The number of halogens is 2. The first-order valence-electron chi connectivity index (χ1n) is 14.2. The molecule has 0 spiro atoms. The van der Waals surface area contributed by atoms with E-state index >= 15 is 0 Å². The van der Waals surface area contributed by atoms with Crippen LogP contribution < -0.4 is 9.64 Å². The molecular formula is C31H33F2N3O4. The van der Waals surface area contributed by atoms with E-state index in [4.69, 9.17) is 14.0 Å². The number of anilines is 1. The number of carbonyl (C=O) groups is 1. The summed E-state index contributed by atoms with van der Waals surface area (Å²) in [6.07, 6.45) is 4.79. The van der Waals surface area contributed by atoms with Gasteiger partial charge < -0.3 is 18.9 Å². The molecule has 1 amide bonds. The monoisotopic (exact) mass is 549 g/mol. The third-order valence-corrected chi connectivity index (χ3v) is 9.38. The minimum atomic E-state index is -2.77. The summed E-state index contributed by atoms with van der Waals surface area (Å²) in [5.74, 6) is -1.42. The fourth-order valence-electron chi connectivity index (χ4n) is 6.59. The van der Waals surface area contributed by atoms with Crippen LogP contribution in [0.25, 0.3) is 11.5 Å². The molecule has 5 aliphatic rings. The summed E-state index contributed by atoms with van der Waals surface area (Å²) in [7, 11) is 1.65. The Morgan fingerprint density at radius 2 is 1.82 bits per heavy atom. The Kier molecular flexibility index (Phi) is 6.00. The summed E-state index contributed by atoms with van der Waals surface area (Å²) in [6, 6.07) is 15.5. The van der Waals surface area contributed by atoms with Gasteiger partial charge in [-0.1, -0.05) is 23.4 Å². The lowest BCUT2D eigenvalue weighted by atomic mass is 9.64. The fourth-order valence-corrected chi connectivity index (χ4v) is 6.59. The second-order valence-electron chi connectivity index (χ2n) is 12.2. The van der Waals surface area contributed by atoms with Gasteiger partial charge in [0.15, 0.2) is 5.82 Å². The molecule has 2 aromatic carbocycles. The number of fused-ring (bicyclic) bond motifs is 3. The summed E-state index contributed by atoms with van der Waals surface area (Å²) in [6.45, 7) is 0.935. The van der Waals surface area contributed by atoms with Gasteiger partial charge in [-0.05, 0) is 74.4 Å². The Labute approximate surface area is 231 Å². The average Bonchev–Trinajstić information content (AvgIpc) is 3.71. The van der Waals surface area contributed by atoms with E-state index in [1.54, 1.807) is 12.0 Å². The number of aromatic nitrogens is 2. The lowest BCUT2D eigenvalue weighted by molar-refractivity contribution is -0.187. The number of benzene rings is 2. The molecule has 2 saturated heterocycles. The van der Waals surface area contributed by atoms with Crippen molar-refractivity contribution >= 4 is 11.6 Å². The second-order valence-corrected chi connectivity index (χ2v) is 12.2.